The predicted molar refractivity (Wildman–Crippen MR) is 66.4 cm³/mol. The number of alkyl halides is 6. The SMILES string of the molecule is [2H]C([2H])([2H])C(/C=C/C(C)=O)Oc1cc(C(F)(F)F)cc(C(F)(F)F)c1. The molecule has 1 aromatic rings. The Morgan fingerprint density at radius 2 is 1.64 bits per heavy atom. The Kier molecular flexibility index (Phi) is 3.98. The average molecular weight is 329 g/mol. The second kappa shape index (κ2) is 6.41. The van der Waals surface area contributed by atoms with Gasteiger partial charge in [-0.3, -0.25) is 4.79 Å². The number of carbonyl (C=O) groups is 1. The van der Waals surface area contributed by atoms with Crippen LogP contribution < -0.4 is 4.74 Å². The Balaban J connectivity index is 3.36. The molecule has 0 fully saturated rings. The van der Waals surface area contributed by atoms with Crippen LogP contribution >= 0.6 is 0 Å². The van der Waals surface area contributed by atoms with Gasteiger partial charge in [-0.05, 0) is 44.1 Å². The van der Waals surface area contributed by atoms with Gasteiger partial charge in [-0.15, -0.1) is 0 Å². The van der Waals surface area contributed by atoms with Gasteiger partial charge in [0.2, 0.25) is 0 Å². The first-order valence-corrected chi connectivity index (χ1v) is 5.75. The number of hydrogen-bond donors (Lipinski definition) is 0. The molecule has 2 nitrogen and oxygen atoms in total. The van der Waals surface area contributed by atoms with Crippen LogP contribution in [0.15, 0.2) is 30.4 Å². The molecule has 0 amide bonds. The summed E-state index contributed by atoms with van der Waals surface area (Å²) in [4.78, 5) is 10.9. The number of hydrogen-bond acceptors (Lipinski definition) is 2. The van der Waals surface area contributed by atoms with E-state index in [0.717, 1.165) is 19.1 Å². The molecule has 1 aromatic carbocycles. The lowest BCUT2D eigenvalue weighted by atomic mass is 10.1. The number of carbonyl (C=O) groups excluding carboxylic acids is 1. The highest BCUT2D eigenvalue weighted by molar-refractivity contribution is 5.87. The minimum Gasteiger partial charge on any atom is -0.487 e. The van der Waals surface area contributed by atoms with Crippen molar-refractivity contribution in [2.24, 2.45) is 0 Å². The van der Waals surface area contributed by atoms with E-state index in [4.69, 9.17) is 8.85 Å². The van der Waals surface area contributed by atoms with Crippen molar-refractivity contribution < 1.29 is 40.0 Å². The van der Waals surface area contributed by atoms with Crippen LogP contribution in [-0.4, -0.2) is 11.9 Å². The first-order valence-electron chi connectivity index (χ1n) is 7.25. The summed E-state index contributed by atoms with van der Waals surface area (Å²) in [6.07, 6.45) is -10.5. The topological polar surface area (TPSA) is 26.3 Å². The number of allylic oxidation sites excluding steroid dienone is 1. The fourth-order valence-electron chi connectivity index (χ4n) is 1.40. The maximum Gasteiger partial charge on any atom is 0.416 e. The molecule has 22 heavy (non-hydrogen) atoms. The predicted octanol–water partition coefficient (Wildman–Crippen LogP) is 4.64. The zero-order valence-electron chi connectivity index (χ0n) is 14.0. The minimum atomic E-state index is -5.09. The molecule has 0 aliphatic rings. The van der Waals surface area contributed by atoms with E-state index >= 15 is 0 Å². The van der Waals surface area contributed by atoms with Crippen molar-refractivity contribution >= 4 is 5.78 Å². The van der Waals surface area contributed by atoms with E-state index in [-0.39, 0.29) is 18.2 Å². The van der Waals surface area contributed by atoms with E-state index in [1.165, 1.54) is 0 Å². The van der Waals surface area contributed by atoms with Gasteiger partial charge in [-0.1, -0.05) is 0 Å². The molecule has 1 atom stereocenters. The largest absolute Gasteiger partial charge is 0.487 e. The van der Waals surface area contributed by atoms with Gasteiger partial charge in [-0.25, -0.2) is 0 Å². The van der Waals surface area contributed by atoms with Crippen LogP contribution in [0.4, 0.5) is 26.3 Å². The fraction of sp³-hybridized carbons (Fsp3) is 0.357. The summed E-state index contributed by atoms with van der Waals surface area (Å²) in [7, 11) is 0. The van der Waals surface area contributed by atoms with Gasteiger partial charge in [0.05, 0.1) is 11.1 Å². The maximum absolute atomic E-state index is 12.8. The first kappa shape index (κ1) is 13.7. The van der Waals surface area contributed by atoms with Crippen LogP contribution in [0.1, 0.15) is 29.0 Å². The van der Waals surface area contributed by atoms with Crippen molar-refractivity contribution in [1.82, 2.24) is 0 Å². The summed E-state index contributed by atoms with van der Waals surface area (Å²) in [6, 6.07) is 0.411. The van der Waals surface area contributed by atoms with E-state index in [2.05, 4.69) is 0 Å². The lowest BCUT2D eigenvalue weighted by molar-refractivity contribution is -0.143. The average Bonchev–Trinajstić information content (AvgIpc) is 2.39. The van der Waals surface area contributed by atoms with Gasteiger partial charge in [0, 0.05) is 4.11 Å². The quantitative estimate of drug-likeness (QED) is 0.594. The standard InChI is InChI=1S/C14H12F6O2/c1-8(21)3-4-9(2)22-12-6-10(13(15,16)17)5-11(7-12)14(18,19)20/h3-7,9H,1-2H3/b4-3+/i2D3. The van der Waals surface area contributed by atoms with Gasteiger partial charge in [-0.2, -0.15) is 26.3 Å². The summed E-state index contributed by atoms with van der Waals surface area (Å²) in [6.45, 7) is -1.84. The first-order chi connectivity index (χ1) is 11.1. The molecule has 8 heteroatoms. The Bertz CT molecular complexity index is 630. The van der Waals surface area contributed by atoms with Crippen LogP contribution in [0.2, 0.25) is 0 Å². The molecule has 0 saturated carbocycles. The molecule has 1 rings (SSSR count). The Morgan fingerprint density at radius 3 is 2.00 bits per heavy atom. The zero-order chi connectivity index (χ0) is 19.6. The van der Waals surface area contributed by atoms with Crippen LogP contribution in [0, 0.1) is 0 Å². The van der Waals surface area contributed by atoms with Crippen molar-refractivity contribution in [1.29, 1.82) is 0 Å². The maximum atomic E-state index is 12.8. The van der Waals surface area contributed by atoms with Crippen molar-refractivity contribution in [3.05, 3.63) is 41.5 Å². The van der Waals surface area contributed by atoms with Gasteiger partial charge in [0.1, 0.15) is 11.9 Å². The Labute approximate surface area is 126 Å². The van der Waals surface area contributed by atoms with Crippen molar-refractivity contribution in [3.63, 3.8) is 0 Å². The fourth-order valence-corrected chi connectivity index (χ4v) is 1.40. The molecule has 0 aromatic heterocycles. The highest BCUT2D eigenvalue weighted by Gasteiger charge is 2.37. The number of halogens is 6. The number of rotatable bonds is 4. The van der Waals surface area contributed by atoms with Gasteiger partial charge in [0.15, 0.2) is 5.78 Å². The van der Waals surface area contributed by atoms with Gasteiger partial charge < -0.3 is 4.74 Å². The molecule has 0 heterocycles. The normalized spacial score (nSPS) is 16.8. The number of ketones is 1. The van der Waals surface area contributed by atoms with Crippen molar-refractivity contribution in [2.75, 3.05) is 0 Å². The molecular weight excluding hydrogens is 314 g/mol. The second-order valence-electron chi connectivity index (χ2n) is 4.25. The third-order valence-electron chi connectivity index (χ3n) is 2.33. The summed E-state index contributed by atoms with van der Waals surface area (Å²) in [5.74, 6) is -1.51. The number of benzene rings is 1. The second-order valence-corrected chi connectivity index (χ2v) is 4.25. The molecule has 0 saturated heterocycles. The summed E-state index contributed by atoms with van der Waals surface area (Å²) < 4.78 is 103. The minimum absolute atomic E-state index is 0.109. The molecule has 122 valence electrons. The molecule has 1 unspecified atom stereocenters. The monoisotopic (exact) mass is 329 g/mol. The van der Waals surface area contributed by atoms with E-state index in [9.17, 15) is 31.1 Å². The molecule has 0 aliphatic carbocycles. The lowest BCUT2D eigenvalue weighted by Crippen LogP contribution is -2.14. The molecule has 0 aliphatic heterocycles. The number of ether oxygens (including phenoxy) is 1. The van der Waals surface area contributed by atoms with E-state index < -0.39 is 48.0 Å². The summed E-state index contributed by atoms with van der Waals surface area (Å²) >= 11 is 0. The molecule has 0 bridgehead atoms. The van der Waals surface area contributed by atoms with Crippen LogP contribution in [0.25, 0.3) is 0 Å². The summed E-state index contributed by atoms with van der Waals surface area (Å²) in [5.41, 5.74) is -3.28. The van der Waals surface area contributed by atoms with Gasteiger partial charge in [0.25, 0.3) is 0 Å². The molecular formula is C14H12F6O2. The Hall–Kier alpha value is -1.99. The summed E-state index contributed by atoms with van der Waals surface area (Å²) in [5, 5.41) is 0. The van der Waals surface area contributed by atoms with E-state index in [1.54, 1.807) is 0 Å². The van der Waals surface area contributed by atoms with Crippen molar-refractivity contribution in [2.45, 2.75) is 32.2 Å². The lowest BCUT2D eigenvalue weighted by Gasteiger charge is -2.16. The Morgan fingerprint density at radius 1 is 1.14 bits per heavy atom. The third-order valence-corrected chi connectivity index (χ3v) is 2.33. The van der Waals surface area contributed by atoms with E-state index in [1.807, 2.05) is 0 Å². The van der Waals surface area contributed by atoms with Crippen LogP contribution in [0.3, 0.4) is 0 Å². The molecule has 0 spiro atoms. The third kappa shape index (κ3) is 5.42. The highest BCUT2D eigenvalue weighted by Crippen LogP contribution is 2.38. The molecule has 0 radical (unpaired) electrons. The van der Waals surface area contributed by atoms with E-state index in [0.29, 0.717) is 0 Å². The van der Waals surface area contributed by atoms with Crippen molar-refractivity contribution in [3.8, 4) is 5.75 Å². The zero-order valence-corrected chi connectivity index (χ0v) is 11.0. The highest BCUT2D eigenvalue weighted by atomic mass is 19.4. The van der Waals surface area contributed by atoms with Crippen LogP contribution in [0.5, 0.6) is 5.75 Å². The smallest absolute Gasteiger partial charge is 0.416 e. The molecule has 0 N–H and O–H groups in total. The van der Waals surface area contributed by atoms with Crippen LogP contribution in [-0.2, 0) is 17.1 Å². The van der Waals surface area contributed by atoms with Gasteiger partial charge >= 0.3 is 12.4 Å².